The molecule has 0 aliphatic carbocycles. The van der Waals surface area contributed by atoms with E-state index in [1.165, 1.54) is 0 Å². The van der Waals surface area contributed by atoms with Crippen LogP contribution in [0.1, 0.15) is 29.9 Å². The Morgan fingerprint density at radius 1 is 1.43 bits per heavy atom. The van der Waals surface area contributed by atoms with Gasteiger partial charge in [0, 0.05) is 24.4 Å². The van der Waals surface area contributed by atoms with E-state index in [1.54, 1.807) is 11.8 Å². The van der Waals surface area contributed by atoms with Crippen molar-refractivity contribution in [3.8, 4) is 0 Å². The predicted molar refractivity (Wildman–Crippen MR) is 85.4 cm³/mol. The van der Waals surface area contributed by atoms with Crippen LogP contribution in [0.25, 0.3) is 0 Å². The standard InChI is InChI=1S/C15H25N3O2S/c1-11-14(12(2)20-17-11)9-21-10-15(19)18-6-4-13(5-7-18)8-16-3/h13,16H,4-10H2,1-3H3. The number of likely N-dealkylation sites (tertiary alicyclic amines) is 1. The Bertz CT molecular complexity index is 448. The topological polar surface area (TPSA) is 58.4 Å². The maximum absolute atomic E-state index is 12.2. The molecule has 5 nitrogen and oxygen atoms in total. The van der Waals surface area contributed by atoms with Gasteiger partial charge in [-0.15, -0.1) is 11.8 Å². The van der Waals surface area contributed by atoms with Crippen molar-refractivity contribution in [2.24, 2.45) is 5.92 Å². The molecule has 1 aliphatic heterocycles. The van der Waals surface area contributed by atoms with Crippen molar-refractivity contribution < 1.29 is 9.32 Å². The van der Waals surface area contributed by atoms with Gasteiger partial charge in [0.05, 0.1) is 11.4 Å². The van der Waals surface area contributed by atoms with E-state index >= 15 is 0 Å². The van der Waals surface area contributed by atoms with Gasteiger partial charge in [0.15, 0.2) is 0 Å². The van der Waals surface area contributed by atoms with Crippen LogP contribution in [0, 0.1) is 19.8 Å². The van der Waals surface area contributed by atoms with Crippen molar-refractivity contribution in [3.63, 3.8) is 0 Å². The van der Waals surface area contributed by atoms with Crippen molar-refractivity contribution in [1.29, 1.82) is 0 Å². The molecule has 6 heteroatoms. The third kappa shape index (κ3) is 4.48. The molecule has 0 bridgehead atoms. The summed E-state index contributed by atoms with van der Waals surface area (Å²) in [6.07, 6.45) is 2.22. The van der Waals surface area contributed by atoms with E-state index in [0.717, 1.165) is 55.2 Å². The minimum Gasteiger partial charge on any atom is -0.361 e. The first kappa shape index (κ1) is 16.4. The average molecular weight is 311 g/mol. The molecule has 118 valence electrons. The molecule has 0 aromatic carbocycles. The van der Waals surface area contributed by atoms with E-state index in [1.807, 2.05) is 25.8 Å². The molecular weight excluding hydrogens is 286 g/mol. The van der Waals surface area contributed by atoms with Crippen molar-refractivity contribution in [1.82, 2.24) is 15.4 Å². The van der Waals surface area contributed by atoms with Gasteiger partial charge in [0.25, 0.3) is 0 Å². The molecule has 1 aliphatic rings. The molecule has 2 heterocycles. The molecule has 0 atom stereocenters. The number of rotatable bonds is 6. The molecule has 1 saturated heterocycles. The molecule has 0 unspecified atom stereocenters. The van der Waals surface area contributed by atoms with Gasteiger partial charge in [-0.1, -0.05) is 5.16 Å². The van der Waals surface area contributed by atoms with Gasteiger partial charge in [0.2, 0.25) is 5.91 Å². The molecule has 1 N–H and O–H groups in total. The summed E-state index contributed by atoms with van der Waals surface area (Å²) in [5.74, 6) is 3.17. The lowest BCUT2D eigenvalue weighted by atomic mass is 9.97. The number of aryl methyl sites for hydroxylation is 2. The molecule has 0 radical (unpaired) electrons. The second-order valence-electron chi connectivity index (χ2n) is 5.68. The Hall–Kier alpha value is -1.01. The molecule has 1 fully saturated rings. The number of amides is 1. The van der Waals surface area contributed by atoms with Crippen LogP contribution in [0.4, 0.5) is 0 Å². The Morgan fingerprint density at radius 2 is 2.14 bits per heavy atom. The van der Waals surface area contributed by atoms with Gasteiger partial charge < -0.3 is 14.7 Å². The van der Waals surface area contributed by atoms with E-state index in [4.69, 9.17) is 4.52 Å². The fraction of sp³-hybridized carbons (Fsp3) is 0.733. The number of thioether (sulfide) groups is 1. The average Bonchev–Trinajstić information content (AvgIpc) is 2.80. The van der Waals surface area contributed by atoms with Crippen LogP contribution in [-0.2, 0) is 10.5 Å². The fourth-order valence-corrected chi connectivity index (χ4v) is 3.79. The van der Waals surface area contributed by atoms with Gasteiger partial charge in [-0.05, 0) is 46.2 Å². The largest absolute Gasteiger partial charge is 0.361 e. The highest BCUT2D eigenvalue weighted by Crippen LogP contribution is 2.21. The molecular formula is C15H25N3O2S. The number of aromatic nitrogens is 1. The second kappa shape index (κ2) is 7.84. The van der Waals surface area contributed by atoms with Crippen molar-refractivity contribution >= 4 is 17.7 Å². The SMILES string of the molecule is CNCC1CCN(C(=O)CSCc2c(C)noc2C)CC1. The highest BCUT2D eigenvalue weighted by molar-refractivity contribution is 7.99. The van der Waals surface area contributed by atoms with Gasteiger partial charge >= 0.3 is 0 Å². The van der Waals surface area contributed by atoms with E-state index < -0.39 is 0 Å². The number of nitrogens with one attached hydrogen (secondary N) is 1. The summed E-state index contributed by atoms with van der Waals surface area (Å²) in [5, 5.41) is 7.16. The zero-order valence-corrected chi connectivity index (χ0v) is 14.0. The fourth-order valence-electron chi connectivity index (χ4n) is 2.71. The lowest BCUT2D eigenvalue weighted by Gasteiger charge is -2.31. The van der Waals surface area contributed by atoms with Crippen molar-refractivity contribution in [2.75, 3.05) is 32.4 Å². The highest BCUT2D eigenvalue weighted by Gasteiger charge is 2.22. The molecule has 0 spiro atoms. The zero-order valence-electron chi connectivity index (χ0n) is 13.1. The summed E-state index contributed by atoms with van der Waals surface area (Å²) in [6, 6.07) is 0. The van der Waals surface area contributed by atoms with E-state index in [2.05, 4.69) is 10.5 Å². The monoisotopic (exact) mass is 311 g/mol. The minimum atomic E-state index is 0.259. The van der Waals surface area contributed by atoms with Crippen LogP contribution < -0.4 is 5.32 Å². The Labute approximate surface area is 130 Å². The van der Waals surface area contributed by atoms with Crippen LogP contribution in [0.2, 0.25) is 0 Å². The first-order valence-electron chi connectivity index (χ1n) is 7.53. The summed E-state index contributed by atoms with van der Waals surface area (Å²) >= 11 is 1.65. The second-order valence-corrected chi connectivity index (χ2v) is 6.66. The lowest BCUT2D eigenvalue weighted by molar-refractivity contribution is -0.129. The molecule has 2 rings (SSSR count). The summed E-state index contributed by atoms with van der Waals surface area (Å²) in [7, 11) is 1.99. The van der Waals surface area contributed by atoms with Gasteiger partial charge in [0.1, 0.15) is 5.76 Å². The van der Waals surface area contributed by atoms with Crippen LogP contribution in [0.5, 0.6) is 0 Å². The Morgan fingerprint density at radius 3 is 2.71 bits per heavy atom. The minimum absolute atomic E-state index is 0.259. The highest BCUT2D eigenvalue weighted by atomic mass is 32.2. The van der Waals surface area contributed by atoms with Crippen LogP contribution in [-0.4, -0.2) is 48.4 Å². The number of carbonyl (C=O) groups is 1. The molecule has 21 heavy (non-hydrogen) atoms. The third-order valence-electron chi connectivity index (χ3n) is 4.11. The smallest absolute Gasteiger partial charge is 0.232 e. The van der Waals surface area contributed by atoms with E-state index in [0.29, 0.717) is 11.7 Å². The van der Waals surface area contributed by atoms with Gasteiger partial charge in [-0.2, -0.15) is 0 Å². The Balaban J connectivity index is 1.71. The summed E-state index contributed by atoms with van der Waals surface area (Å²) in [6.45, 7) is 6.72. The number of hydrogen-bond donors (Lipinski definition) is 1. The quantitative estimate of drug-likeness (QED) is 0.870. The molecule has 1 aromatic heterocycles. The van der Waals surface area contributed by atoms with Crippen molar-refractivity contribution in [3.05, 3.63) is 17.0 Å². The number of carbonyl (C=O) groups excluding carboxylic acids is 1. The summed E-state index contributed by atoms with van der Waals surface area (Å²) in [5.41, 5.74) is 2.06. The molecule has 0 saturated carbocycles. The maximum Gasteiger partial charge on any atom is 0.232 e. The molecule has 1 aromatic rings. The van der Waals surface area contributed by atoms with Crippen LogP contribution >= 0.6 is 11.8 Å². The number of piperidine rings is 1. The van der Waals surface area contributed by atoms with Crippen LogP contribution in [0.3, 0.4) is 0 Å². The Kier molecular flexibility index (Phi) is 6.11. The van der Waals surface area contributed by atoms with E-state index in [9.17, 15) is 4.79 Å². The summed E-state index contributed by atoms with van der Waals surface area (Å²) < 4.78 is 5.14. The van der Waals surface area contributed by atoms with Gasteiger partial charge in [-0.3, -0.25) is 4.79 Å². The third-order valence-corrected chi connectivity index (χ3v) is 5.06. The van der Waals surface area contributed by atoms with Crippen LogP contribution in [0.15, 0.2) is 4.52 Å². The lowest BCUT2D eigenvalue weighted by Crippen LogP contribution is -2.41. The normalized spacial score (nSPS) is 16.4. The summed E-state index contributed by atoms with van der Waals surface area (Å²) in [4.78, 5) is 14.2. The van der Waals surface area contributed by atoms with Gasteiger partial charge in [-0.25, -0.2) is 0 Å². The van der Waals surface area contributed by atoms with E-state index in [-0.39, 0.29) is 5.91 Å². The first-order valence-corrected chi connectivity index (χ1v) is 8.69. The first-order chi connectivity index (χ1) is 10.1. The maximum atomic E-state index is 12.2. The number of hydrogen-bond acceptors (Lipinski definition) is 5. The predicted octanol–water partition coefficient (Wildman–Crippen LogP) is 1.98. The number of nitrogens with zero attached hydrogens (tertiary/aromatic N) is 2. The zero-order chi connectivity index (χ0) is 15.2. The molecule has 1 amide bonds. The van der Waals surface area contributed by atoms with Crippen molar-refractivity contribution in [2.45, 2.75) is 32.4 Å².